The quantitative estimate of drug-likeness (QED) is 0.612. The van der Waals surface area contributed by atoms with Gasteiger partial charge in [0.1, 0.15) is 11.2 Å². The van der Waals surface area contributed by atoms with Crippen molar-refractivity contribution in [1.82, 2.24) is 30.2 Å². The number of rotatable bonds is 9. The number of carbonyl (C=O) groups is 3. The van der Waals surface area contributed by atoms with Crippen LogP contribution in [0.25, 0.3) is 0 Å². The van der Waals surface area contributed by atoms with Crippen molar-refractivity contribution in [3.63, 3.8) is 0 Å². The lowest BCUT2D eigenvalue weighted by Crippen LogP contribution is -2.64. The second-order valence-corrected chi connectivity index (χ2v) is 8.63. The molecule has 0 radical (unpaired) electrons. The van der Waals surface area contributed by atoms with Crippen molar-refractivity contribution in [2.45, 2.75) is 71.5 Å². The smallest absolute Gasteiger partial charge is 0.273 e. The fourth-order valence-corrected chi connectivity index (χ4v) is 4.62. The van der Waals surface area contributed by atoms with Crippen molar-refractivity contribution in [3.05, 3.63) is 17.5 Å². The molecule has 31 heavy (non-hydrogen) atoms. The number of amides is 3. The molecule has 9 nitrogen and oxygen atoms in total. The van der Waals surface area contributed by atoms with Crippen LogP contribution in [0.2, 0.25) is 0 Å². The van der Waals surface area contributed by atoms with E-state index in [0.717, 1.165) is 45.3 Å². The van der Waals surface area contributed by atoms with Gasteiger partial charge in [0.25, 0.3) is 11.8 Å². The van der Waals surface area contributed by atoms with E-state index >= 15 is 0 Å². The third kappa shape index (κ3) is 4.76. The molecular weight excluding hydrogens is 396 g/mol. The van der Waals surface area contributed by atoms with Crippen molar-refractivity contribution >= 4 is 17.7 Å². The summed E-state index contributed by atoms with van der Waals surface area (Å²) in [6, 6.07) is 1.70. The summed E-state index contributed by atoms with van der Waals surface area (Å²) >= 11 is 0. The number of fused-ring (bicyclic) bond motifs is 1. The zero-order valence-electron chi connectivity index (χ0n) is 19.2. The first-order chi connectivity index (χ1) is 14.8. The molecule has 2 N–H and O–H groups in total. The average Bonchev–Trinajstić information content (AvgIpc) is 3.41. The standard InChI is InChI=1S/C22H36N6O3/c1-5-26(6-2)13-12-23-19(29)17-14-18-20(30)27(7-3)22(4,15-28(18)25-17)21(31)24-16-10-8-9-11-16/h14,16H,5-13,15H2,1-4H3,(H,23,29)(H,24,31). The number of nitrogens with one attached hydrogen (secondary N) is 2. The Hall–Kier alpha value is -2.42. The average molecular weight is 433 g/mol. The highest BCUT2D eigenvalue weighted by Gasteiger charge is 2.48. The molecular formula is C22H36N6O3. The van der Waals surface area contributed by atoms with Gasteiger partial charge in [-0.25, -0.2) is 0 Å². The molecule has 0 spiro atoms. The SMILES string of the molecule is CCN(CC)CCNC(=O)c1cc2n(n1)CC(C)(C(=O)NC1CCCC1)N(CC)C2=O. The van der Waals surface area contributed by atoms with Gasteiger partial charge in [0.15, 0.2) is 5.69 Å². The van der Waals surface area contributed by atoms with Gasteiger partial charge in [-0.1, -0.05) is 26.7 Å². The number of nitrogens with zero attached hydrogens (tertiary/aromatic N) is 4. The zero-order valence-corrected chi connectivity index (χ0v) is 19.2. The van der Waals surface area contributed by atoms with Crippen LogP contribution >= 0.6 is 0 Å². The molecule has 1 aliphatic heterocycles. The Morgan fingerprint density at radius 3 is 2.52 bits per heavy atom. The second kappa shape index (κ2) is 9.80. The Kier molecular flexibility index (Phi) is 7.35. The summed E-state index contributed by atoms with van der Waals surface area (Å²) in [6.07, 6.45) is 4.20. The van der Waals surface area contributed by atoms with Crippen molar-refractivity contribution in [3.8, 4) is 0 Å². The Bertz CT molecular complexity index is 812. The highest BCUT2D eigenvalue weighted by Crippen LogP contribution is 2.28. The Morgan fingerprint density at radius 1 is 1.23 bits per heavy atom. The summed E-state index contributed by atoms with van der Waals surface area (Å²) in [5, 5.41) is 10.4. The summed E-state index contributed by atoms with van der Waals surface area (Å²) < 4.78 is 1.52. The number of aromatic nitrogens is 2. The first-order valence-electron chi connectivity index (χ1n) is 11.5. The summed E-state index contributed by atoms with van der Waals surface area (Å²) in [6.45, 7) is 11.6. The third-order valence-corrected chi connectivity index (χ3v) is 6.63. The van der Waals surface area contributed by atoms with Crippen LogP contribution in [0.3, 0.4) is 0 Å². The van der Waals surface area contributed by atoms with E-state index in [1.165, 1.54) is 10.7 Å². The van der Waals surface area contributed by atoms with Crippen LogP contribution in [-0.4, -0.2) is 81.6 Å². The van der Waals surface area contributed by atoms with Crippen LogP contribution in [-0.2, 0) is 11.3 Å². The van der Waals surface area contributed by atoms with Gasteiger partial charge in [0.05, 0.1) is 6.54 Å². The topological polar surface area (TPSA) is 99.6 Å². The molecule has 9 heteroatoms. The Morgan fingerprint density at radius 2 is 1.90 bits per heavy atom. The molecule has 1 fully saturated rings. The minimum Gasteiger partial charge on any atom is -0.351 e. The predicted octanol–water partition coefficient (Wildman–Crippen LogP) is 1.25. The summed E-state index contributed by atoms with van der Waals surface area (Å²) in [7, 11) is 0. The normalized spacial score (nSPS) is 21.5. The first-order valence-corrected chi connectivity index (χ1v) is 11.5. The highest BCUT2D eigenvalue weighted by molar-refractivity contribution is 6.01. The van der Waals surface area contributed by atoms with E-state index in [1.807, 2.05) is 6.92 Å². The third-order valence-electron chi connectivity index (χ3n) is 6.63. The van der Waals surface area contributed by atoms with Crippen LogP contribution in [0.5, 0.6) is 0 Å². The van der Waals surface area contributed by atoms with Gasteiger partial charge in [-0.05, 0) is 39.8 Å². The fraction of sp³-hybridized carbons (Fsp3) is 0.727. The van der Waals surface area contributed by atoms with E-state index in [-0.39, 0.29) is 36.0 Å². The second-order valence-electron chi connectivity index (χ2n) is 8.63. The number of carbonyl (C=O) groups excluding carboxylic acids is 3. The van der Waals surface area contributed by atoms with Gasteiger partial charge in [-0.15, -0.1) is 0 Å². The monoisotopic (exact) mass is 432 g/mol. The molecule has 2 aliphatic rings. The van der Waals surface area contributed by atoms with Crippen molar-refractivity contribution < 1.29 is 14.4 Å². The predicted molar refractivity (Wildman–Crippen MR) is 118 cm³/mol. The lowest BCUT2D eigenvalue weighted by atomic mass is 9.94. The highest BCUT2D eigenvalue weighted by atomic mass is 16.2. The Balaban J connectivity index is 1.74. The van der Waals surface area contributed by atoms with Crippen LogP contribution in [0.15, 0.2) is 6.07 Å². The maximum atomic E-state index is 13.2. The molecule has 0 saturated heterocycles. The number of hydrogen-bond donors (Lipinski definition) is 2. The molecule has 172 valence electrons. The Labute approximate surface area is 184 Å². The van der Waals surface area contributed by atoms with Crippen LogP contribution < -0.4 is 10.6 Å². The van der Waals surface area contributed by atoms with E-state index in [2.05, 4.69) is 34.5 Å². The van der Waals surface area contributed by atoms with E-state index in [4.69, 9.17) is 0 Å². The molecule has 1 aliphatic carbocycles. The number of hydrogen-bond acceptors (Lipinski definition) is 5. The molecule has 1 aromatic heterocycles. The minimum absolute atomic E-state index is 0.152. The van der Waals surface area contributed by atoms with Crippen molar-refractivity contribution in [2.75, 3.05) is 32.7 Å². The van der Waals surface area contributed by atoms with E-state index in [9.17, 15) is 14.4 Å². The van der Waals surface area contributed by atoms with E-state index < -0.39 is 5.54 Å². The van der Waals surface area contributed by atoms with Crippen molar-refractivity contribution in [1.29, 1.82) is 0 Å². The zero-order chi connectivity index (χ0) is 22.6. The lowest BCUT2D eigenvalue weighted by Gasteiger charge is -2.43. The van der Waals surface area contributed by atoms with E-state index in [0.29, 0.717) is 18.8 Å². The molecule has 1 saturated carbocycles. The van der Waals surface area contributed by atoms with Crippen molar-refractivity contribution in [2.24, 2.45) is 0 Å². The molecule has 1 atom stereocenters. The minimum atomic E-state index is -1.04. The van der Waals surface area contributed by atoms with Gasteiger partial charge >= 0.3 is 0 Å². The van der Waals surface area contributed by atoms with Gasteiger partial charge in [-0.3, -0.25) is 19.1 Å². The summed E-state index contributed by atoms with van der Waals surface area (Å²) in [5.41, 5.74) is -0.481. The fourth-order valence-electron chi connectivity index (χ4n) is 4.62. The van der Waals surface area contributed by atoms with E-state index in [1.54, 1.807) is 11.8 Å². The molecule has 0 aromatic carbocycles. The molecule has 3 rings (SSSR count). The molecule has 2 heterocycles. The summed E-state index contributed by atoms with van der Waals surface area (Å²) in [4.78, 5) is 42.7. The largest absolute Gasteiger partial charge is 0.351 e. The van der Waals surface area contributed by atoms with Gasteiger partial charge in [-0.2, -0.15) is 5.10 Å². The van der Waals surface area contributed by atoms with Crippen LogP contribution in [0, 0.1) is 0 Å². The van der Waals surface area contributed by atoms with Gasteiger partial charge in [0, 0.05) is 31.7 Å². The maximum absolute atomic E-state index is 13.2. The summed E-state index contributed by atoms with van der Waals surface area (Å²) in [5.74, 6) is -0.726. The lowest BCUT2D eigenvalue weighted by molar-refractivity contribution is -0.133. The number of likely N-dealkylation sites (N-methyl/N-ethyl adjacent to an activating group) is 2. The molecule has 3 amide bonds. The maximum Gasteiger partial charge on any atom is 0.273 e. The molecule has 0 bridgehead atoms. The van der Waals surface area contributed by atoms with Gasteiger partial charge < -0.3 is 20.4 Å². The first kappa shape index (κ1) is 23.2. The van der Waals surface area contributed by atoms with Crippen LogP contribution in [0.4, 0.5) is 0 Å². The van der Waals surface area contributed by atoms with Gasteiger partial charge in [0.2, 0.25) is 5.91 Å². The van der Waals surface area contributed by atoms with Crippen LogP contribution in [0.1, 0.15) is 74.4 Å². The molecule has 1 aromatic rings. The molecule has 1 unspecified atom stereocenters.